The Morgan fingerprint density at radius 3 is 2.37 bits per heavy atom. The van der Waals surface area contributed by atoms with Gasteiger partial charge in [0.1, 0.15) is 0 Å². The summed E-state index contributed by atoms with van der Waals surface area (Å²) in [5.74, 6) is -1.07. The molecule has 9 heteroatoms. The zero-order valence-corrected chi connectivity index (χ0v) is 23.6. The van der Waals surface area contributed by atoms with Crippen LogP contribution in [-0.2, 0) is 32.1 Å². The summed E-state index contributed by atoms with van der Waals surface area (Å²) in [6.07, 6.45) is 2.11. The van der Waals surface area contributed by atoms with E-state index in [1.165, 1.54) is 0 Å². The number of hydrogen-bond acceptors (Lipinski definition) is 7. The van der Waals surface area contributed by atoms with Gasteiger partial charge in [-0.2, -0.15) is 0 Å². The lowest BCUT2D eigenvalue weighted by atomic mass is 9.90. The smallest absolute Gasteiger partial charge is 0.303 e. The van der Waals surface area contributed by atoms with Gasteiger partial charge >= 0.3 is 5.97 Å². The zero-order chi connectivity index (χ0) is 29.2. The van der Waals surface area contributed by atoms with E-state index in [0.29, 0.717) is 18.7 Å². The molecule has 3 N–H and O–H groups in total. The number of aliphatic carboxylic acids is 1. The van der Waals surface area contributed by atoms with Crippen molar-refractivity contribution < 1.29 is 29.3 Å². The lowest BCUT2D eigenvalue weighted by molar-refractivity contribution is -0.275. The van der Waals surface area contributed by atoms with Gasteiger partial charge in [-0.3, -0.25) is 14.6 Å². The topological polar surface area (TPSA) is 121 Å². The summed E-state index contributed by atoms with van der Waals surface area (Å²) in [5, 5.41) is 21.1. The van der Waals surface area contributed by atoms with Gasteiger partial charge in [-0.05, 0) is 48.9 Å². The van der Waals surface area contributed by atoms with Gasteiger partial charge in [0.25, 0.3) is 0 Å². The van der Waals surface area contributed by atoms with E-state index in [1.54, 1.807) is 12.1 Å². The first-order chi connectivity index (χ1) is 19.8. The molecule has 0 aliphatic carbocycles. The van der Waals surface area contributed by atoms with E-state index in [4.69, 9.17) is 14.6 Å². The summed E-state index contributed by atoms with van der Waals surface area (Å²) in [6.45, 7) is 3.68. The van der Waals surface area contributed by atoms with Crippen molar-refractivity contribution in [3.8, 4) is 0 Å². The van der Waals surface area contributed by atoms with Crippen molar-refractivity contribution in [2.75, 3.05) is 25.5 Å². The van der Waals surface area contributed by atoms with Crippen molar-refractivity contribution in [2.45, 2.75) is 57.7 Å². The Kier molecular flexibility index (Phi) is 11.0. The van der Waals surface area contributed by atoms with Crippen LogP contribution in [0.25, 0.3) is 0 Å². The third kappa shape index (κ3) is 8.93. The van der Waals surface area contributed by atoms with Crippen LogP contribution in [0.3, 0.4) is 0 Å². The Balaban J connectivity index is 1.45. The van der Waals surface area contributed by atoms with Gasteiger partial charge in [0.15, 0.2) is 6.29 Å². The highest BCUT2D eigenvalue weighted by molar-refractivity contribution is 5.90. The maximum atomic E-state index is 12.2. The highest BCUT2D eigenvalue weighted by Crippen LogP contribution is 2.42. The molecule has 2 heterocycles. The van der Waals surface area contributed by atoms with E-state index < -0.39 is 12.3 Å². The van der Waals surface area contributed by atoms with Gasteiger partial charge in [0.2, 0.25) is 5.91 Å². The number of benzene rings is 2. The van der Waals surface area contributed by atoms with Crippen molar-refractivity contribution in [2.24, 2.45) is 5.92 Å². The first-order valence-corrected chi connectivity index (χ1v) is 14.0. The van der Waals surface area contributed by atoms with E-state index in [2.05, 4.69) is 29.2 Å². The minimum atomic E-state index is -0.913. The molecule has 0 saturated carbocycles. The number of carbonyl (C=O) groups is 2. The second-order valence-electron chi connectivity index (χ2n) is 10.6. The molecule has 4 rings (SSSR count). The summed E-state index contributed by atoms with van der Waals surface area (Å²) in [5.41, 5.74) is 4.37. The fourth-order valence-corrected chi connectivity index (χ4v) is 4.93. The highest BCUT2D eigenvalue weighted by Gasteiger charge is 2.38. The number of hydrogen-bond donors (Lipinski definition) is 3. The molecule has 1 fully saturated rings. The van der Waals surface area contributed by atoms with Crippen LogP contribution < -0.4 is 5.32 Å². The number of carboxylic acids is 1. The molecule has 1 aromatic heterocycles. The Labute approximate surface area is 241 Å². The SMILES string of the molecule is CC1C(CN(C)CCc2ccccn2)OC(c2ccc(NC(=O)CCCC(=O)O)cc2)OC1c1ccc(CO)cc1. The summed E-state index contributed by atoms with van der Waals surface area (Å²) < 4.78 is 13.1. The van der Waals surface area contributed by atoms with Crippen LogP contribution in [0, 0.1) is 5.92 Å². The Morgan fingerprint density at radius 1 is 0.976 bits per heavy atom. The minimum absolute atomic E-state index is 0.0147. The van der Waals surface area contributed by atoms with E-state index in [1.807, 2.05) is 60.8 Å². The standard InChI is InChI=1S/C32H39N3O6/c1-22-28(20-35(2)19-17-26-6-3-4-18-33-26)40-32(41-31(22)24-11-9-23(21-36)10-12-24)25-13-15-27(16-14-25)34-29(37)7-5-8-30(38)39/h3-4,6,9-16,18,22,28,31-32,36H,5,7-8,17,19-21H2,1-2H3,(H,34,37)(H,38,39). The highest BCUT2D eigenvalue weighted by atomic mass is 16.7. The average Bonchev–Trinajstić information content (AvgIpc) is 2.98. The van der Waals surface area contributed by atoms with Crippen LogP contribution in [0.15, 0.2) is 72.9 Å². The summed E-state index contributed by atoms with van der Waals surface area (Å²) >= 11 is 0. The molecule has 218 valence electrons. The zero-order valence-electron chi connectivity index (χ0n) is 23.6. The molecule has 9 nitrogen and oxygen atoms in total. The van der Waals surface area contributed by atoms with Crippen molar-refractivity contribution in [3.05, 3.63) is 95.3 Å². The second-order valence-corrected chi connectivity index (χ2v) is 10.6. The fraction of sp³-hybridized carbons (Fsp3) is 0.406. The normalized spacial score (nSPS) is 20.6. The number of ether oxygens (including phenoxy) is 2. The maximum absolute atomic E-state index is 12.2. The van der Waals surface area contributed by atoms with Crippen LogP contribution in [0.5, 0.6) is 0 Å². The van der Waals surface area contributed by atoms with Gasteiger partial charge in [-0.15, -0.1) is 0 Å². The molecular formula is C32H39N3O6. The molecule has 2 aromatic carbocycles. The predicted octanol–water partition coefficient (Wildman–Crippen LogP) is 4.73. The molecule has 41 heavy (non-hydrogen) atoms. The minimum Gasteiger partial charge on any atom is -0.481 e. The molecule has 4 atom stereocenters. The Hall–Kier alpha value is -3.63. The van der Waals surface area contributed by atoms with Crippen LogP contribution in [0.4, 0.5) is 5.69 Å². The molecule has 0 bridgehead atoms. The number of likely N-dealkylation sites (N-methyl/N-ethyl adjacent to an activating group) is 1. The molecule has 3 aromatic rings. The van der Waals surface area contributed by atoms with Crippen molar-refractivity contribution in [1.82, 2.24) is 9.88 Å². The molecule has 1 amide bonds. The number of aliphatic hydroxyl groups is 1. The molecule has 1 saturated heterocycles. The molecule has 0 spiro atoms. The third-order valence-electron chi connectivity index (χ3n) is 7.35. The second kappa shape index (κ2) is 14.8. The van der Waals surface area contributed by atoms with Gasteiger partial charge in [0, 0.05) is 61.4 Å². The monoisotopic (exact) mass is 561 g/mol. The number of anilines is 1. The number of rotatable bonds is 13. The van der Waals surface area contributed by atoms with Gasteiger partial charge in [-0.25, -0.2) is 0 Å². The van der Waals surface area contributed by atoms with Crippen LogP contribution in [0.1, 0.15) is 61.0 Å². The van der Waals surface area contributed by atoms with E-state index in [9.17, 15) is 14.7 Å². The lowest BCUT2D eigenvalue weighted by Gasteiger charge is -2.42. The lowest BCUT2D eigenvalue weighted by Crippen LogP contribution is -2.43. The first-order valence-electron chi connectivity index (χ1n) is 14.0. The van der Waals surface area contributed by atoms with E-state index in [0.717, 1.165) is 35.3 Å². The van der Waals surface area contributed by atoms with Crippen molar-refractivity contribution >= 4 is 17.6 Å². The van der Waals surface area contributed by atoms with E-state index >= 15 is 0 Å². The van der Waals surface area contributed by atoms with Crippen LogP contribution >= 0.6 is 0 Å². The number of carbonyl (C=O) groups excluding carboxylic acids is 1. The quantitative estimate of drug-likeness (QED) is 0.274. The molecule has 1 aliphatic heterocycles. The average molecular weight is 562 g/mol. The number of carboxylic acid groups (broad SMARTS) is 1. The van der Waals surface area contributed by atoms with Crippen LogP contribution in [-0.4, -0.2) is 58.2 Å². The molecule has 4 unspecified atom stereocenters. The number of aliphatic hydroxyl groups excluding tert-OH is 1. The summed E-state index contributed by atoms with van der Waals surface area (Å²) in [7, 11) is 2.09. The van der Waals surface area contributed by atoms with Crippen molar-refractivity contribution in [1.29, 1.82) is 0 Å². The largest absolute Gasteiger partial charge is 0.481 e. The first kappa shape index (κ1) is 30.3. The third-order valence-corrected chi connectivity index (χ3v) is 7.35. The Morgan fingerprint density at radius 2 is 1.71 bits per heavy atom. The van der Waals surface area contributed by atoms with E-state index in [-0.39, 0.29) is 43.5 Å². The fourth-order valence-electron chi connectivity index (χ4n) is 4.93. The maximum Gasteiger partial charge on any atom is 0.303 e. The van der Waals surface area contributed by atoms with Crippen molar-refractivity contribution in [3.63, 3.8) is 0 Å². The molecular weight excluding hydrogens is 522 g/mol. The number of pyridine rings is 1. The number of amides is 1. The van der Waals surface area contributed by atoms with Gasteiger partial charge < -0.3 is 29.9 Å². The summed E-state index contributed by atoms with van der Waals surface area (Å²) in [4.78, 5) is 29.6. The van der Waals surface area contributed by atoms with Crippen LogP contribution in [0.2, 0.25) is 0 Å². The number of aromatic nitrogens is 1. The van der Waals surface area contributed by atoms with Gasteiger partial charge in [0.05, 0.1) is 18.8 Å². The number of nitrogens with zero attached hydrogens (tertiary/aromatic N) is 2. The summed E-state index contributed by atoms with van der Waals surface area (Å²) in [6, 6.07) is 21.1. The Bertz CT molecular complexity index is 1250. The molecule has 0 radical (unpaired) electrons. The molecule has 1 aliphatic rings. The van der Waals surface area contributed by atoms with Gasteiger partial charge in [-0.1, -0.05) is 49.4 Å². The number of nitrogens with one attached hydrogen (secondary N) is 1. The predicted molar refractivity (Wildman–Crippen MR) is 155 cm³/mol.